The summed E-state index contributed by atoms with van der Waals surface area (Å²) < 4.78 is 26.0. The van der Waals surface area contributed by atoms with Crippen molar-refractivity contribution in [1.82, 2.24) is 14.3 Å². The lowest BCUT2D eigenvalue weighted by Crippen LogP contribution is -2.26. The highest BCUT2D eigenvalue weighted by molar-refractivity contribution is 7.89. The van der Waals surface area contributed by atoms with E-state index in [1.807, 2.05) is 6.92 Å². The van der Waals surface area contributed by atoms with Crippen LogP contribution in [0.1, 0.15) is 10.6 Å². The molecule has 0 aliphatic carbocycles. The van der Waals surface area contributed by atoms with E-state index in [-0.39, 0.29) is 10.7 Å². The summed E-state index contributed by atoms with van der Waals surface area (Å²) >= 11 is 1.44. The number of aromatic nitrogens is 2. The first-order chi connectivity index (χ1) is 8.91. The molecule has 2 rings (SSSR count). The Hall–Kier alpha value is -1.51. The largest absolute Gasteiger partial charge is 0.384 e. The molecule has 0 bridgehead atoms. The fraction of sp³-hybridized carbons (Fsp3) is 0.273. The van der Waals surface area contributed by atoms with Crippen LogP contribution in [0.4, 0.5) is 5.82 Å². The van der Waals surface area contributed by atoms with Gasteiger partial charge in [-0.05, 0) is 13.0 Å². The summed E-state index contributed by atoms with van der Waals surface area (Å²) in [6.45, 7) is 2.15. The fourth-order valence-electron chi connectivity index (χ4n) is 1.53. The van der Waals surface area contributed by atoms with Gasteiger partial charge in [-0.15, -0.1) is 11.3 Å². The summed E-state index contributed by atoms with van der Waals surface area (Å²) in [6.07, 6.45) is 1.38. The van der Waals surface area contributed by atoms with E-state index >= 15 is 0 Å². The zero-order valence-electron chi connectivity index (χ0n) is 10.6. The monoisotopic (exact) mass is 298 g/mol. The summed E-state index contributed by atoms with van der Waals surface area (Å²) in [5.74, 6) is 0.184. The number of anilines is 1. The van der Waals surface area contributed by atoms with Crippen LogP contribution in [0.5, 0.6) is 0 Å². The maximum atomic E-state index is 12.3. The van der Waals surface area contributed by atoms with E-state index in [0.29, 0.717) is 6.54 Å². The number of thiazole rings is 1. The van der Waals surface area contributed by atoms with Crippen molar-refractivity contribution in [1.29, 1.82) is 0 Å². The van der Waals surface area contributed by atoms with Crippen LogP contribution >= 0.6 is 11.3 Å². The number of nitrogen functional groups attached to an aromatic ring is 1. The first kappa shape index (κ1) is 13.9. The molecule has 102 valence electrons. The fourth-order valence-corrected chi connectivity index (χ4v) is 3.61. The maximum absolute atomic E-state index is 12.3. The van der Waals surface area contributed by atoms with Crippen molar-refractivity contribution in [2.24, 2.45) is 0 Å². The third-order valence-corrected chi connectivity index (χ3v) is 5.39. The van der Waals surface area contributed by atoms with Crippen molar-refractivity contribution < 1.29 is 8.42 Å². The smallest absolute Gasteiger partial charge is 0.243 e. The van der Waals surface area contributed by atoms with Crippen molar-refractivity contribution in [3.63, 3.8) is 0 Å². The quantitative estimate of drug-likeness (QED) is 0.917. The molecule has 8 heteroatoms. The van der Waals surface area contributed by atoms with Crippen LogP contribution in [-0.4, -0.2) is 29.7 Å². The van der Waals surface area contributed by atoms with Crippen molar-refractivity contribution >= 4 is 27.2 Å². The molecule has 2 aromatic rings. The Bertz CT molecular complexity index is 682. The highest BCUT2D eigenvalue weighted by atomic mass is 32.2. The van der Waals surface area contributed by atoms with Gasteiger partial charge in [-0.25, -0.2) is 18.4 Å². The standard InChI is InChI=1S/C11H14N4O2S2/c1-8-10(18-7-14-8)6-15(2)19(16,17)9-3-4-13-11(12)5-9/h3-5,7H,6H2,1-2H3,(H2,12,13). The number of hydrogen-bond donors (Lipinski definition) is 1. The Morgan fingerprint density at radius 1 is 1.42 bits per heavy atom. The molecule has 2 N–H and O–H groups in total. The average molecular weight is 298 g/mol. The minimum Gasteiger partial charge on any atom is -0.384 e. The lowest BCUT2D eigenvalue weighted by Gasteiger charge is -2.16. The normalized spacial score (nSPS) is 11.9. The highest BCUT2D eigenvalue weighted by Gasteiger charge is 2.22. The van der Waals surface area contributed by atoms with E-state index in [0.717, 1.165) is 10.6 Å². The second kappa shape index (κ2) is 5.24. The Morgan fingerprint density at radius 3 is 2.74 bits per heavy atom. The molecule has 0 atom stereocenters. The topological polar surface area (TPSA) is 89.2 Å². The molecule has 0 saturated carbocycles. The zero-order valence-corrected chi connectivity index (χ0v) is 12.2. The molecule has 0 fully saturated rings. The van der Waals surface area contributed by atoms with Gasteiger partial charge in [0.2, 0.25) is 10.0 Å². The van der Waals surface area contributed by atoms with E-state index in [1.54, 1.807) is 5.51 Å². The number of nitrogens with zero attached hydrogens (tertiary/aromatic N) is 3. The van der Waals surface area contributed by atoms with Gasteiger partial charge in [0.1, 0.15) is 5.82 Å². The van der Waals surface area contributed by atoms with E-state index < -0.39 is 10.0 Å². The molecule has 2 aromatic heterocycles. The van der Waals surface area contributed by atoms with Gasteiger partial charge in [-0.1, -0.05) is 0 Å². The second-order valence-corrected chi connectivity index (χ2v) is 7.02. The SMILES string of the molecule is Cc1ncsc1CN(C)S(=O)(=O)c1ccnc(N)c1. The summed E-state index contributed by atoms with van der Waals surface area (Å²) in [7, 11) is -2.03. The Balaban J connectivity index is 2.27. The molecule has 0 radical (unpaired) electrons. The van der Waals surface area contributed by atoms with Crippen molar-refractivity contribution in [3.05, 3.63) is 34.4 Å². The maximum Gasteiger partial charge on any atom is 0.243 e. The van der Waals surface area contributed by atoms with Crippen LogP contribution in [0, 0.1) is 6.92 Å². The highest BCUT2D eigenvalue weighted by Crippen LogP contribution is 2.20. The van der Waals surface area contributed by atoms with Gasteiger partial charge in [0.15, 0.2) is 0 Å². The third-order valence-electron chi connectivity index (χ3n) is 2.67. The third kappa shape index (κ3) is 2.91. The van der Waals surface area contributed by atoms with E-state index in [4.69, 9.17) is 5.73 Å². The van der Waals surface area contributed by atoms with E-state index in [9.17, 15) is 8.42 Å². The number of rotatable bonds is 4. The predicted octanol–water partition coefficient (Wildman–Crippen LogP) is 1.25. The molecule has 2 heterocycles. The molecule has 6 nitrogen and oxygen atoms in total. The molecule has 0 aliphatic heterocycles. The minimum atomic E-state index is -3.56. The van der Waals surface area contributed by atoms with Crippen LogP contribution in [0.15, 0.2) is 28.7 Å². The molecule has 0 aliphatic rings. The zero-order chi connectivity index (χ0) is 14.0. The van der Waals surface area contributed by atoms with Gasteiger partial charge < -0.3 is 5.73 Å². The van der Waals surface area contributed by atoms with Crippen molar-refractivity contribution in [3.8, 4) is 0 Å². The first-order valence-electron chi connectivity index (χ1n) is 5.48. The summed E-state index contributed by atoms with van der Waals surface area (Å²) in [4.78, 5) is 8.96. The van der Waals surface area contributed by atoms with Gasteiger partial charge in [0.25, 0.3) is 0 Å². The van der Waals surface area contributed by atoms with Gasteiger partial charge in [-0.3, -0.25) is 0 Å². The molecule has 0 saturated heterocycles. The van der Waals surface area contributed by atoms with Crippen LogP contribution in [0.25, 0.3) is 0 Å². The number of hydrogen-bond acceptors (Lipinski definition) is 6. The van der Waals surface area contributed by atoms with Crippen LogP contribution in [-0.2, 0) is 16.6 Å². The number of aryl methyl sites for hydroxylation is 1. The van der Waals surface area contributed by atoms with Gasteiger partial charge in [-0.2, -0.15) is 4.31 Å². The predicted molar refractivity (Wildman–Crippen MR) is 74.2 cm³/mol. The lowest BCUT2D eigenvalue weighted by atomic mass is 10.4. The molecule has 0 spiro atoms. The molecule has 0 amide bonds. The number of pyridine rings is 1. The van der Waals surface area contributed by atoms with Gasteiger partial charge >= 0.3 is 0 Å². The molecule has 19 heavy (non-hydrogen) atoms. The average Bonchev–Trinajstić information content (AvgIpc) is 2.75. The van der Waals surface area contributed by atoms with Crippen LogP contribution in [0.2, 0.25) is 0 Å². The molecule has 0 unspecified atom stereocenters. The van der Waals surface area contributed by atoms with Crippen molar-refractivity contribution in [2.45, 2.75) is 18.4 Å². The lowest BCUT2D eigenvalue weighted by molar-refractivity contribution is 0.468. The van der Waals surface area contributed by atoms with E-state index in [2.05, 4.69) is 9.97 Å². The van der Waals surface area contributed by atoms with Gasteiger partial charge in [0.05, 0.1) is 16.1 Å². The van der Waals surface area contributed by atoms with Gasteiger partial charge in [0, 0.05) is 30.7 Å². The Kier molecular flexibility index (Phi) is 3.83. The summed E-state index contributed by atoms with van der Waals surface area (Å²) in [5, 5.41) is 0. The summed E-state index contributed by atoms with van der Waals surface area (Å²) in [6, 6.07) is 2.78. The van der Waals surface area contributed by atoms with E-state index in [1.165, 1.54) is 41.0 Å². The Morgan fingerprint density at radius 2 is 2.16 bits per heavy atom. The Labute approximate surface area is 116 Å². The van der Waals surface area contributed by atoms with Crippen LogP contribution in [0.3, 0.4) is 0 Å². The first-order valence-corrected chi connectivity index (χ1v) is 7.80. The minimum absolute atomic E-state index is 0.143. The second-order valence-electron chi connectivity index (χ2n) is 4.04. The molecular weight excluding hydrogens is 284 g/mol. The van der Waals surface area contributed by atoms with Crippen molar-refractivity contribution in [2.75, 3.05) is 12.8 Å². The molecule has 0 aromatic carbocycles. The number of nitrogens with two attached hydrogens (primary N) is 1. The summed E-state index contributed by atoms with van der Waals surface area (Å²) in [5.41, 5.74) is 8.07. The molecular formula is C11H14N4O2S2. The number of sulfonamides is 1. The van der Waals surface area contributed by atoms with Crippen LogP contribution < -0.4 is 5.73 Å².